The number of halogens is 1. The van der Waals surface area contributed by atoms with Crippen LogP contribution in [0.2, 0.25) is 0 Å². The lowest BCUT2D eigenvalue weighted by atomic mass is 10.1. The van der Waals surface area contributed by atoms with Crippen molar-refractivity contribution in [2.24, 2.45) is 0 Å². The number of aliphatic hydroxyl groups is 2. The molecule has 194 valence electrons. The molecule has 0 saturated carbocycles. The maximum absolute atomic E-state index is 15.2. The van der Waals surface area contributed by atoms with Crippen LogP contribution >= 0.6 is 0 Å². The summed E-state index contributed by atoms with van der Waals surface area (Å²) in [6.07, 6.45) is 9.82. The van der Waals surface area contributed by atoms with Gasteiger partial charge in [-0.15, -0.1) is 0 Å². The molecule has 5 heterocycles. The summed E-state index contributed by atoms with van der Waals surface area (Å²) in [6.45, 7) is 4.21. The fourth-order valence-corrected chi connectivity index (χ4v) is 4.55. The molecule has 3 N–H and O–H groups in total. The number of piperidine rings is 1. The van der Waals surface area contributed by atoms with Gasteiger partial charge < -0.3 is 20.4 Å². The number of anilines is 1. The van der Waals surface area contributed by atoms with Crippen molar-refractivity contribution in [1.29, 1.82) is 0 Å². The van der Waals surface area contributed by atoms with E-state index < -0.39 is 18.0 Å². The molecule has 4 aromatic heterocycles. The van der Waals surface area contributed by atoms with Gasteiger partial charge in [0, 0.05) is 43.2 Å². The van der Waals surface area contributed by atoms with E-state index in [9.17, 15) is 9.90 Å². The highest BCUT2D eigenvalue weighted by Crippen LogP contribution is 2.28. The normalized spacial score (nSPS) is 16.4. The Morgan fingerprint density at radius 2 is 2.11 bits per heavy atom. The molecule has 1 aliphatic rings. The molecule has 0 aromatic carbocycles. The van der Waals surface area contributed by atoms with Gasteiger partial charge in [-0.05, 0) is 32.8 Å². The Labute approximate surface area is 212 Å². The van der Waals surface area contributed by atoms with Gasteiger partial charge in [-0.25, -0.2) is 18.9 Å². The number of nitrogens with one attached hydrogen (secondary N) is 1. The number of carbonyl (C=O) groups is 1. The summed E-state index contributed by atoms with van der Waals surface area (Å²) >= 11 is 0. The van der Waals surface area contributed by atoms with Crippen LogP contribution in [0.3, 0.4) is 0 Å². The molecule has 5 rings (SSSR count). The Morgan fingerprint density at radius 3 is 2.89 bits per heavy atom. The molecule has 4 aromatic rings. The summed E-state index contributed by atoms with van der Waals surface area (Å²) in [7, 11) is 0. The number of fused-ring (bicyclic) bond motifs is 1. The molecule has 1 atom stereocenters. The first-order chi connectivity index (χ1) is 17.7. The van der Waals surface area contributed by atoms with Crippen molar-refractivity contribution < 1.29 is 19.4 Å². The van der Waals surface area contributed by atoms with Gasteiger partial charge >= 0.3 is 0 Å². The third-order valence-corrected chi connectivity index (χ3v) is 6.25. The topological polar surface area (TPSA) is 134 Å². The monoisotopic (exact) mass is 508 g/mol. The Morgan fingerprint density at radius 1 is 1.27 bits per heavy atom. The van der Waals surface area contributed by atoms with Crippen LogP contribution < -0.4 is 5.32 Å². The standard InChI is InChI=1S/C25H29FN8O3/c1-25(2,37)15-33-11-16(9-28-33)20-5-6-27-24(31-20)18-10-29-34-13-21(19(26)8-22(18)34)30-17-4-3-7-32(12-17)23(36)14-35/h5-6,8-11,13,17,30,35,37H,3-4,7,12,14-15H2,1-2H3/t17-/m1/s1. The fourth-order valence-electron chi connectivity index (χ4n) is 4.55. The maximum atomic E-state index is 15.2. The van der Waals surface area contributed by atoms with Crippen molar-refractivity contribution in [2.45, 2.75) is 44.9 Å². The quantitative estimate of drug-likeness (QED) is 0.345. The van der Waals surface area contributed by atoms with E-state index in [1.165, 1.54) is 6.07 Å². The smallest absolute Gasteiger partial charge is 0.248 e. The van der Waals surface area contributed by atoms with Crippen LogP contribution in [0.4, 0.5) is 10.1 Å². The highest BCUT2D eigenvalue weighted by atomic mass is 19.1. The van der Waals surface area contributed by atoms with Crippen molar-refractivity contribution in [3.63, 3.8) is 0 Å². The van der Waals surface area contributed by atoms with Crippen LogP contribution in [0.15, 0.2) is 43.1 Å². The average Bonchev–Trinajstić information content (AvgIpc) is 3.50. The zero-order valence-electron chi connectivity index (χ0n) is 20.7. The van der Waals surface area contributed by atoms with Crippen molar-refractivity contribution in [1.82, 2.24) is 34.3 Å². The van der Waals surface area contributed by atoms with Crippen LogP contribution in [0.25, 0.3) is 28.2 Å². The second kappa shape index (κ2) is 9.87. The zero-order valence-corrected chi connectivity index (χ0v) is 20.7. The van der Waals surface area contributed by atoms with Gasteiger partial charge in [0.1, 0.15) is 12.4 Å². The number of amides is 1. The van der Waals surface area contributed by atoms with Gasteiger partial charge in [0.25, 0.3) is 0 Å². The second-order valence-corrected chi connectivity index (χ2v) is 9.91. The van der Waals surface area contributed by atoms with E-state index in [4.69, 9.17) is 5.11 Å². The predicted molar refractivity (Wildman–Crippen MR) is 134 cm³/mol. The van der Waals surface area contributed by atoms with E-state index in [0.717, 1.165) is 18.4 Å². The number of hydrogen-bond donors (Lipinski definition) is 3. The number of aromatic nitrogens is 6. The van der Waals surface area contributed by atoms with Gasteiger partial charge in [0.05, 0.1) is 53.2 Å². The molecule has 1 amide bonds. The first-order valence-corrected chi connectivity index (χ1v) is 12.1. The van der Waals surface area contributed by atoms with Crippen LogP contribution in [0, 0.1) is 5.82 Å². The number of carbonyl (C=O) groups excluding carboxylic acids is 1. The molecule has 1 aliphatic heterocycles. The maximum Gasteiger partial charge on any atom is 0.248 e. The first-order valence-electron chi connectivity index (χ1n) is 12.1. The molecule has 0 bridgehead atoms. The molecule has 1 fully saturated rings. The van der Waals surface area contributed by atoms with Gasteiger partial charge in [-0.1, -0.05) is 0 Å². The van der Waals surface area contributed by atoms with Crippen LogP contribution in [0.5, 0.6) is 0 Å². The van der Waals surface area contributed by atoms with E-state index in [2.05, 4.69) is 25.5 Å². The summed E-state index contributed by atoms with van der Waals surface area (Å²) in [6, 6.07) is 3.02. The molecule has 37 heavy (non-hydrogen) atoms. The lowest BCUT2D eigenvalue weighted by Gasteiger charge is -2.33. The SMILES string of the molecule is CC(C)(O)Cn1cc(-c2ccnc(-c3cnn4cc(N[C@@H]5CCCN(C(=O)CO)C5)c(F)cc34)n2)cn1. The van der Waals surface area contributed by atoms with Crippen molar-refractivity contribution >= 4 is 17.1 Å². The minimum absolute atomic E-state index is 0.136. The van der Waals surface area contributed by atoms with E-state index in [0.29, 0.717) is 42.2 Å². The Hall–Kier alpha value is -3.90. The number of aliphatic hydroxyl groups excluding tert-OH is 1. The molecule has 0 radical (unpaired) electrons. The molecule has 0 aliphatic carbocycles. The minimum Gasteiger partial charge on any atom is -0.389 e. The van der Waals surface area contributed by atoms with Gasteiger partial charge in [0.2, 0.25) is 5.91 Å². The van der Waals surface area contributed by atoms with Crippen LogP contribution in [-0.2, 0) is 11.3 Å². The van der Waals surface area contributed by atoms with Crippen molar-refractivity contribution in [3.8, 4) is 22.6 Å². The van der Waals surface area contributed by atoms with E-state index >= 15 is 4.39 Å². The lowest BCUT2D eigenvalue weighted by Crippen LogP contribution is -2.46. The van der Waals surface area contributed by atoms with E-state index in [-0.39, 0.29) is 17.6 Å². The molecular formula is C25H29FN8O3. The predicted octanol–water partition coefficient (Wildman–Crippen LogP) is 1.96. The van der Waals surface area contributed by atoms with Gasteiger partial charge in [-0.3, -0.25) is 9.48 Å². The lowest BCUT2D eigenvalue weighted by molar-refractivity contribution is -0.135. The summed E-state index contributed by atoms with van der Waals surface area (Å²) < 4.78 is 18.4. The molecular weight excluding hydrogens is 479 g/mol. The van der Waals surface area contributed by atoms with E-state index in [1.54, 1.807) is 65.0 Å². The largest absolute Gasteiger partial charge is 0.389 e. The van der Waals surface area contributed by atoms with Crippen LogP contribution in [-0.4, -0.2) is 81.7 Å². The number of rotatable bonds is 7. The first kappa shape index (κ1) is 24.8. The molecule has 12 heteroatoms. The number of nitrogens with zero attached hydrogens (tertiary/aromatic N) is 7. The Bertz CT molecular complexity index is 1430. The van der Waals surface area contributed by atoms with E-state index in [1.807, 2.05) is 0 Å². The second-order valence-electron chi connectivity index (χ2n) is 9.91. The molecule has 1 saturated heterocycles. The number of pyridine rings is 1. The third-order valence-electron chi connectivity index (χ3n) is 6.25. The number of likely N-dealkylation sites (tertiary alicyclic amines) is 1. The average molecular weight is 509 g/mol. The van der Waals surface area contributed by atoms with Gasteiger partial charge in [-0.2, -0.15) is 10.2 Å². The Kier molecular flexibility index (Phi) is 6.61. The molecule has 11 nitrogen and oxygen atoms in total. The molecule has 0 spiro atoms. The number of hydrogen-bond acceptors (Lipinski definition) is 8. The van der Waals surface area contributed by atoms with Crippen molar-refractivity contribution in [2.75, 3.05) is 25.0 Å². The van der Waals surface area contributed by atoms with Crippen LogP contribution in [0.1, 0.15) is 26.7 Å². The van der Waals surface area contributed by atoms with Crippen molar-refractivity contribution in [3.05, 3.63) is 48.9 Å². The summed E-state index contributed by atoms with van der Waals surface area (Å²) in [5, 5.41) is 31.0. The summed E-state index contributed by atoms with van der Waals surface area (Å²) in [5.74, 6) is -0.386. The zero-order chi connectivity index (χ0) is 26.2. The highest BCUT2D eigenvalue weighted by Gasteiger charge is 2.24. The highest BCUT2D eigenvalue weighted by molar-refractivity contribution is 5.78. The summed E-state index contributed by atoms with van der Waals surface area (Å²) in [5.41, 5.74) is 1.88. The summed E-state index contributed by atoms with van der Waals surface area (Å²) in [4.78, 5) is 22.5. The Balaban J connectivity index is 1.38. The van der Waals surface area contributed by atoms with Gasteiger partial charge in [0.15, 0.2) is 5.82 Å². The molecule has 0 unspecified atom stereocenters. The fraction of sp³-hybridized carbons (Fsp3) is 0.400. The minimum atomic E-state index is -0.901. The third kappa shape index (κ3) is 5.44.